The predicted molar refractivity (Wildman–Crippen MR) is 94.7 cm³/mol. The molecule has 5 nitrogen and oxygen atoms in total. The molecule has 1 aromatic carbocycles. The van der Waals surface area contributed by atoms with E-state index in [-0.39, 0.29) is 5.70 Å². The lowest BCUT2D eigenvalue weighted by atomic mass is 10.0. The van der Waals surface area contributed by atoms with Crippen molar-refractivity contribution in [1.82, 2.24) is 4.98 Å². The molecule has 2 rings (SSSR count). The van der Waals surface area contributed by atoms with Crippen LogP contribution < -0.4 is 4.90 Å². The first-order valence-electron chi connectivity index (χ1n) is 7.57. The van der Waals surface area contributed by atoms with E-state index in [1.54, 1.807) is 11.9 Å². The van der Waals surface area contributed by atoms with Crippen molar-refractivity contribution in [3.05, 3.63) is 59.5 Å². The van der Waals surface area contributed by atoms with Gasteiger partial charge >= 0.3 is 5.97 Å². The molecule has 2 aromatic rings. The number of carbonyl (C=O) groups excluding carboxylic acids is 1. The zero-order valence-electron chi connectivity index (χ0n) is 14.7. The van der Waals surface area contributed by atoms with E-state index in [9.17, 15) is 4.79 Å². The van der Waals surface area contributed by atoms with Gasteiger partial charge in [-0.25, -0.2) is 9.78 Å². The van der Waals surface area contributed by atoms with Crippen molar-refractivity contribution in [2.24, 2.45) is 0 Å². The van der Waals surface area contributed by atoms with E-state index in [0.717, 1.165) is 11.3 Å². The second-order valence-electron chi connectivity index (χ2n) is 5.47. The molecule has 0 unspecified atom stereocenters. The first-order chi connectivity index (χ1) is 11.5. The van der Waals surface area contributed by atoms with Gasteiger partial charge in [-0.05, 0) is 43.2 Å². The fraction of sp³-hybridized carbons (Fsp3) is 0.263. The quantitative estimate of drug-likeness (QED) is 0.478. The largest absolute Gasteiger partial charge is 0.502 e. The molecule has 0 aliphatic carbocycles. The molecule has 0 fully saturated rings. The molecule has 0 aliphatic heterocycles. The summed E-state index contributed by atoms with van der Waals surface area (Å²) in [7, 11) is 4.56. The van der Waals surface area contributed by atoms with E-state index < -0.39 is 5.97 Å². The Hall–Kier alpha value is -2.82. The van der Waals surface area contributed by atoms with Gasteiger partial charge in [0, 0.05) is 12.6 Å². The third-order valence-corrected chi connectivity index (χ3v) is 3.87. The van der Waals surface area contributed by atoms with Gasteiger partial charge in [0.05, 0.1) is 19.9 Å². The minimum atomic E-state index is -0.488. The summed E-state index contributed by atoms with van der Waals surface area (Å²) < 4.78 is 9.78. The average molecular weight is 326 g/mol. The molecule has 0 saturated carbocycles. The number of esters is 1. The van der Waals surface area contributed by atoms with Crippen LogP contribution in [0.25, 0.3) is 11.3 Å². The van der Waals surface area contributed by atoms with Gasteiger partial charge in [-0.15, -0.1) is 0 Å². The van der Waals surface area contributed by atoms with Crippen LogP contribution in [0.3, 0.4) is 0 Å². The number of aromatic nitrogens is 1. The molecule has 0 bridgehead atoms. The van der Waals surface area contributed by atoms with Crippen LogP contribution >= 0.6 is 0 Å². The number of rotatable bonds is 5. The van der Waals surface area contributed by atoms with Crippen LogP contribution in [0.1, 0.15) is 11.1 Å². The molecule has 5 heteroatoms. The summed E-state index contributed by atoms with van der Waals surface area (Å²) in [5, 5.41) is 0. The van der Waals surface area contributed by atoms with E-state index >= 15 is 0 Å². The highest BCUT2D eigenvalue weighted by Crippen LogP contribution is 2.24. The average Bonchev–Trinajstić information content (AvgIpc) is 2.61. The zero-order valence-corrected chi connectivity index (χ0v) is 14.7. The molecule has 0 atom stereocenters. The van der Waals surface area contributed by atoms with E-state index in [1.165, 1.54) is 31.6 Å². The number of nitrogens with zero attached hydrogens (tertiary/aromatic N) is 2. The molecule has 1 aromatic heterocycles. The van der Waals surface area contributed by atoms with E-state index in [2.05, 4.69) is 31.0 Å². The first-order valence-corrected chi connectivity index (χ1v) is 7.57. The van der Waals surface area contributed by atoms with Crippen molar-refractivity contribution in [2.75, 3.05) is 26.2 Å². The molecule has 0 saturated heterocycles. The molecule has 24 heavy (non-hydrogen) atoms. The van der Waals surface area contributed by atoms with E-state index in [0.29, 0.717) is 5.82 Å². The van der Waals surface area contributed by atoms with Crippen LogP contribution in [0.2, 0.25) is 0 Å². The van der Waals surface area contributed by atoms with Gasteiger partial charge in [0.25, 0.3) is 0 Å². The van der Waals surface area contributed by atoms with Crippen molar-refractivity contribution >= 4 is 11.8 Å². The van der Waals surface area contributed by atoms with Gasteiger partial charge < -0.3 is 14.4 Å². The van der Waals surface area contributed by atoms with Crippen molar-refractivity contribution in [3.8, 4) is 11.3 Å². The molecule has 0 spiro atoms. The number of hydrogen-bond donors (Lipinski definition) is 0. The summed E-state index contributed by atoms with van der Waals surface area (Å²) >= 11 is 0. The zero-order chi connectivity index (χ0) is 17.7. The van der Waals surface area contributed by atoms with Crippen LogP contribution in [-0.2, 0) is 14.3 Å². The van der Waals surface area contributed by atoms with Crippen molar-refractivity contribution in [2.45, 2.75) is 13.8 Å². The lowest BCUT2D eigenvalue weighted by molar-refractivity contribution is -0.136. The van der Waals surface area contributed by atoms with Crippen LogP contribution in [0.5, 0.6) is 0 Å². The number of benzene rings is 1. The van der Waals surface area contributed by atoms with Crippen LogP contribution in [0.15, 0.2) is 48.4 Å². The second-order valence-corrected chi connectivity index (χ2v) is 5.47. The van der Waals surface area contributed by atoms with E-state index in [4.69, 9.17) is 9.47 Å². The Morgan fingerprint density at radius 2 is 1.88 bits per heavy atom. The third kappa shape index (κ3) is 3.74. The van der Waals surface area contributed by atoms with Gasteiger partial charge in [-0.3, -0.25) is 0 Å². The topological polar surface area (TPSA) is 51.7 Å². The molecule has 126 valence electrons. The SMILES string of the molecule is CO/C=C(/C(=O)OC)N(C)c1cccc(-c2ccc(C)c(C)c2)n1. The number of aryl methyl sites for hydroxylation is 2. The standard InChI is InChI=1S/C19H22N2O3/c1-13-9-10-15(11-14(13)2)16-7-6-8-18(20-16)21(3)17(12-23-4)19(22)24-5/h6-12H,1-5H3/b17-12-. The molecule has 0 radical (unpaired) electrons. The van der Waals surface area contributed by atoms with Crippen LogP contribution in [0, 0.1) is 13.8 Å². The number of hydrogen-bond acceptors (Lipinski definition) is 5. The van der Waals surface area contributed by atoms with Crippen molar-refractivity contribution in [1.29, 1.82) is 0 Å². The maximum absolute atomic E-state index is 11.9. The maximum atomic E-state index is 11.9. The monoisotopic (exact) mass is 326 g/mol. The number of ether oxygens (including phenoxy) is 2. The van der Waals surface area contributed by atoms with Crippen LogP contribution in [0.4, 0.5) is 5.82 Å². The minimum Gasteiger partial charge on any atom is -0.502 e. The molecule has 0 N–H and O–H groups in total. The summed E-state index contributed by atoms with van der Waals surface area (Å²) in [5.41, 5.74) is 4.59. The fourth-order valence-corrected chi connectivity index (χ4v) is 2.28. The van der Waals surface area contributed by atoms with Gasteiger partial charge in [-0.2, -0.15) is 0 Å². The highest BCUT2D eigenvalue weighted by molar-refractivity contribution is 5.92. The number of carbonyl (C=O) groups is 1. The fourth-order valence-electron chi connectivity index (χ4n) is 2.28. The summed E-state index contributed by atoms with van der Waals surface area (Å²) in [4.78, 5) is 18.2. The van der Waals surface area contributed by atoms with E-state index in [1.807, 2.05) is 24.3 Å². The minimum absolute atomic E-state index is 0.268. The van der Waals surface area contributed by atoms with Crippen LogP contribution in [-0.4, -0.2) is 32.2 Å². The molecule has 0 aliphatic rings. The summed E-state index contributed by atoms with van der Waals surface area (Å²) in [6.07, 6.45) is 1.34. The summed E-state index contributed by atoms with van der Waals surface area (Å²) in [6, 6.07) is 11.9. The normalized spacial score (nSPS) is 11.1. The number of anilines is 1. The Balaban J connectivity index is 2.40. The lowest BCUT2D eigenvalue weighted by Gasteiger charge is -2.20. The molecule has 1 heterocycles. The van der Waals surface area contributed by atoms with Crippen molar-refractivity contribution < 1.29 is 14.3 Å². The molecular weight excluding hydrogens is 304 g/mol. The maximum Gasteiger partial charge on any atom is 0.357 e. The lowest BCUT2D eigenvalue weighted by Crippen LogP contribution is -2.25. The Kier molecular flexibility index (Phi) is 5.58. The molecule has 0 amide bonds. The highest BCUT2D eigenvalue weighted by atomic mass is 16.5. The Labute approximate surface area is 142 Å². The van der Waals surface area contributed by atoms with Gasteiger partial charge in [0.15, 0.2) is 5.70 Å². The van der Waals surface area contributed by atoms with Crippen molar-refractivity contribution in [3.63, 3.8) is 0 Å². The third-order valence-electron chi connectivity index (χ3n) is 3.87. The van der Waals surface area contributed by atoms with Gasteiger partial charge in [0.2, 0.25) is 0 Å². The summed E-state index contributed by atoms with van der Waals surface area (Å²) in [6.45, 7) is 4.15. The van der Waals surface area contributed by atoms with Gasteiger partial charge in [-0.1, -0.05) is 18.2 Å². The Morgan fingerprint density at radius 1 is 1.12 bits per heavy atom. The number of pyridine rings is 1. The molecular formula is C19H22N2O3. The highest BCUT2D eigenvalue weighted by Gasteiger charge is 2.18. The Bertz CT molecular complexity index is 769. The van der Waals surface area contributed by atoms with Gasteiger partial charge in [0.1, 0.15) is 12.1 Å². The second kappa shape index (κ2) is 7.64. The smallest absolute Gasteiger partial charge is 0.357 e. The number of likely N-dealkylation sites (N-methyl/N-ethyl adjacent to an activating group) is 1. The number of methoxy groups -OCH3 is 2. The Morgan fingerprint density at radius 3 is 2.50 bits per heavy atom. The predicted octanol–water partition coefficient (Wildman–Crippen LogP) is 3.46. The first kappa shape index (κ1) is 17.5. The summed E-state index contributed by atoms with van der Waals surface area (Å²) in [5.74, 6) is 0.136.